The lowest BCUT2D eigenvalue weighted by atomic mass is 10.1. The maximum absolute atomic E-state index is 13.2. The van der Waals surface area contributed by atoms with Crippen LogP contribution in [0.4, 0.5) is 0 Å². The van der Waals surface area contributed by atoms with Gasteiger partial charge in [0.05, 0.1) is 18.8 Å². The SMILES string of the molecule is CC[C@H](C(=O)NCCc1ccccc1OC)n1c2ccccc2c2cnn(C)c(=O)c21. The number of carbonyl (C=O) groups excluding carboxylic acids is 1. The first-order valence-corrected chi connectivity index (χ1v) is 10.4. The Morgan fingerprint density at radius 2 is 1.87 bits per heavy atom. The zero-order valence-electron chi connectivity index (χ0n) is 18.0. The maximum Gasteiger partial charge on any atom is 0.291 e. The molecule has 0 spiro atoms. The van der Waals surface area contributed by atoms with Crippen LogP contribution in [-0.4, -0.2) is 33.9 Å². The summed E-state index contributed by atoms with van der Waals surface area (Å²) in [6.45, 7) is 2.43. The van der Waals surface area contributed by atoms with Crippen molar-refractivity contribution in [3.63, 3.8) is 0 Å². The second kappa shape index (κ2) is 8.63. The van der Waals surface area contributed by atoms with E-state index < -0.39 is 6.04 Å². The van der Waals surface area contributed by atoms with Crippen molar-refractivity contribution in [2.45, 2.75) is 25.8 Å². The average molecular weight is 418 g/mol. The predicted octanol–water partition coefficient (Wildman–Crippen LogP) is 3.21. The van der Waals surface area contributed by atoms with Crippen molar-refractivity contribution in [1.82, 2.24) is 19.7 Å². The topological polar surface area (TPSA) is 78.2 Å². The Balaban J connectivity index is 1.67. The fourth-order valence-electron chi connectivity index (χ4n) is 4.14. The molecule has 160 valence electrons. The largest absolute Gasteiger partial charge is 0.496 e. The van der Waals surface area contributed by atoms with Gasteiger partial charge in [0, 0.05) is 24.4 Å². The summed E-state index contributed by atoms with van der Waals surface area (Å²) in [6.07, 6.45) is 2.91. The number of aryl methyl sites for hydroxylation is 1. The van der Waals surface area contributed by atoms with E-state index in [0.717, 1.165) is 27.6 Å². The highest BCUT2D eigenvalue weighted by molar-refractivity contribution is 6.08. The molecule has 7 heteroatoms. The number of para-hydroxylation sites is 2. The van der Waals surface area contributed by atoms with Gasteiger partial charge >= 0.3 is 0 Å². The third kappa shape index (κ3) is 3.67. The van der Waals surface area contributed by atoms with E-state index in [1.807, 2.05) is 60.0 Å². The molecule has 0 bridgehead atoms. The summed E-state index contributed by atoms with van der Waals surface area (Å²) in [7, 11) is 3.26. The first kappa shape index (κ1) is 20.7. The third-order valence-electron chi connectivity index (χ3n) is 5.69. The Morgan fingerprint density at radius 1 is 1.13 bits per heavy atom. The number of nitrogens with zero attached hydrogens (tertiary/aromatic N) is 3. The highest BCUT2D eigenvalue weighted by Crippen LogP contribution is 2.30. The zero-order valence-corrected chi connectivity index (χ0v) is 18.0. The van der Waals surface area contributed by atoms with Crippen LogP contribution in [0.2, 0.25) is 0 Å². The molecule has 4 aromatic rings. The minimum absolute atomic E-state index is 0.112. The Kier molecular flexibility index (Phi) is 5.75. The standard InChI is InChI=1S/C24H26N4O3/c1-4-19(23(29)25-14-13-16-9-5-8-12-21(16)31-3)28-20-11-7-6-10-17(20)18-15-26-27(2)24(30)22(18)28/h5-12,15,19H,4,13-14H2,1-3H3,(H,25,29)/t19-/m1/s1. The molecule has 2 heterocycles. The molecule has 0 aliphatic rings. The molecule has 0 saturated heterocycles. The van der Waals surface area contributed by atoms with Gasteiger partial charge in [0.2, 0.25) is 5.91 Å². The maximum atomic E-state index is 13.2. The molecule has 31 heavy (non-hydrogen) atoms. The summed E-state index contributed by atoms with van der Waals surface area (Å²) in [5.41, 5.74) is 2.18. The number of rotatable bonds is 7. The summed E-state index contributed by atoms with van der Waals surface area (Å²) < 4.78 is 8.57. The Morgan fingerprint density at radius 3 is 2.65 bits per heavy atom. The number of fused-ring (bicyclic) bond motifs is 3. The monoisotopic (exact) mass is 418 g/mol. The number of aromatic nitrogens is 3. The van der Waals surface area contributed by atoms with Gasteiger partial charge in [0.1, 0.15) is 17.3 Å². The smallest absolute Gasteiger partial charge is 0.291 e. The van der Waals surface area contributed by atoms with Crippen LogP contribution in [0.3, 0.4) is 0 Å². The predicted molar refractivity (Wildman–Crippen MR) is 122 cm³/mol. The van der Waals surface area contributed by atoms with Crippen LogP contribution in [-0.2, 0) is 18.3 Å². The molecule has 1 N–H and O–H groups in total. The van der Waals surface area contributed by atoms with Gasteiger partial charge in [-0.15, -0.1) is 0 Å². The van der Waals surface area contributed by atoms with Gasteiger partial charge in [-0.05, 0) is 30.5 Å². The molecule has 2 aromatic heterocycles. The normalized spacial score (nSPS) is 12.2. The number of carbonyl (C=O) groups is 1. The van der Waals surface area contributed by atoms with Crippen LogP contribution < -0.4 is 15.6 Å². The number of benzene rings is 2. The molecule has 7 nitrogen and oxygen atoms in total. The Labute approximate surface area is 180 Å². The summed E-state index contributed by atoms with van der Waals surface area (Å²) in [6, 6.07) is 15.0. The lowest BCUT2D eigenvalue weighted by molar-refractivity contribution is -0.124. The van der Waals surface area contributed by atoms with Gasteiger partial charge in [-0.1, -0.05) is 43.3 Å². The lowest BCUT2D eigenvalue weighted by Gasteiger charge is -2.19. The van der Waals surface area contributed by atoms with E-state index in [9.17, 15) is 9.59 Å². The summed E-state index contributed by atoms with van der Waals surface area (Å²) in [5, 5.41) is 8.91. The Hall–Kier alpha value is -3.61. The molecular formula is C24H26N4O3. The third-order valence-corrected chi connectivity index (χ3v) is 5.69. The lowest BCUT2D eigenvalue weighted by Crippen LogP contribution is -2.34. The number of amides is 1. The average Bonchev–Trinajstić information content (AvgIpc) is 3.12. The van der Waals surface area contributed by atoms with Crippen molar-refractivity contribution < 1.29 is 9.53 Å². The molecule has 0 aliphatic carbocycles. The van der Waals surface area contributed by atoms with Gasteiger partial charge in [0.25, 0.3) is 5.56 Å². The second-order valence-electron chi connectivity index (χ2n) is 7.50. The van der Waals surface area contributed by atoms with Crippen LogP contribution in [0.1, 0.15) is 24.9 Å². The Bertz CT molecular complexity index is 1310. The molecule has 4 rings (SSSR count). The van der Waals surface area contributed by atoms with Crippen LogP contribution in [0.25, 0.3) is 21.8 Å². The van der Waals surface area contributed by atoms with Crippen LogP contribution >= 0.6 is 0 Å². The van der Waals surface area contributed by atoms with E-state index in [0.29, 0.717) is 24.9 Å². The van der Waals surface area contributed by atoms with Crippen LogP contribution in [0.15, 0.2) is 59.5 Å². The highest BCUT2D eigenvalue weighted by atomic mass is 16.5. The van der Waals surface area contributed by atoms with E-state index in [2.05, 4.69) is 10.4 Å². The second-order valence-corrected chi connectivity index (χ2v) is 7.50. The molecule has 2 aromatic carbocycles. The first-order valence-electron chi connectivity index (χ1n) is 10.4. The molecular weight excluding hydrogens is 392 g/mol. The van der Waals surface area contributed by atoms with Gasteiger partial charge in [0.15, 0.2) is 0 Å². The van der Waals surface area contributed by atoms with Crippen LogP contribution in [0.5, 0.6) is 5.75 Å². The molecule has 1 atom stereocenters. The van der Waals surface area contributed by atoms with Gasteiger partial charge in [-0.2, -0.15) is 5.10 Å². The minimum atomic E-state index is -0.504. The minimum Gasteiger partial charge on any atom is -0.496 e. The van der Waals surface area contributed by atoms with Crippen molar-refractivity contribution in [1.29, 1.82) is 0 Å². The number of hydrogen-bond acceptors (Lipinski definition) is 4. The van der Waals surface area contributed by atoms with E-state index in [1.165, 1.54) is 4.68 Å². The highest BCUT2D eigenvalue weighted by Gasteiger charge is 2.25. The molecule has 0 aliphatic heterocycles. The molecule has 0 radical (unpaired) electrons. The molecule has 0 unspecified atom stereocenters. The first-order chi connectivity index (χ1) is 15.1. The number of nitrogens with one attached hydrogen (secondary N) is 1. The van der Waals surface area contributed by atoms with E-state index in [-0.39, 0.29) is 11.5 Å². The quantitative estimate of drug-likeness (QED) is 0.500. The van der Waals surface area contributed by atoms with Crippen molar-refractivity contribution in [3.8, 4) is 5.75 Å². The fraction of sp³-hybridized carbons (Fsp3) is 0.292. The summed E-state index contributed by atoms with van der Waals surface area (Å²) in [4.78, 5) is 26.2. The van der Waals surface area contributed by atoms with Crippen molar-refractivity contribution in [2.24, 2.45) is 7.05 Å². The zero-order chi connectivity index (χ0) is 22.0. The van der Waals surface area contributed by atoms with Gasteiger partial charge in [-0.25, -0.2) is 4.68 Å². The number of methoxy groups -OCH3 is 1. The summed E-state index contributed by atoms with van der Waals surface area (Å²) in [5.74, 6) is 0.695. The van der Waals surface area contributed by atoms with Crippen molar-refractivity contribution >= 4 is 27.7 Å². The van der Waals surface area contributed by atoms with Gasteiger partial charge < -0.3 is 14.6 Å². The summed E-state index contributed by atoms with van der Waals surface area (Å²) >= 11 is 0. The van der Waals surface area contributed by atoms with Crippen molar-refractivity contribution in [3.05, 3.63) is 70.6 Å². The van der Waals surface area contributed by atoms with E-state index in [1.54, 1.807) is 20.4 Å². The van der Waals surface area contributed by atoms with E-state index in [4.69, 9.17) is 4.74 Å². The fourth-order valence-corrected chi connectivity index (χ4v) is 4.14. The van der Waals surface area contributed by atoms with Crippen molar-refractivity contribution in [2.75, 3.05) is 13.7 Å². The molecule has 1 amide bonds. The number of ether oxygens (including phenoxy) is 1. The number of hydrogen-bond donors (Lipinski definition) is 1. The van der Waals surface area contributed by atoms with Crippen LogP contribution in [0, 0.1) is 0 Å². The molecule has 0 fully saturated rings. The van der Waals surface area contributed by atoms with E-state index >= 15 is 0 Å². The molecule has 0 saturated carbocycles. The van der Waals surface area contributed by atoms with Gasteiger partial charge in [-0.3, -0.25) is 9.59 Å².